The third kappa shape index (κ3) is 8.18. The molecule has 1 unspecified atom stereocenters. The Labute approximate surface area is 254 Å². The summed E-state index contributed by atoms with van der Waals surface area (Å²) in [6.45, 7) is 6.04. The van der Waals surface area contributed by atoms with Crippen molar-refractivity contribution in [1.29, 1.82) is 0 Å². The molecule has 1 atom stereocenters. The Morgan fingerprint density at radius 3 is 2.37 bits per heavy atom. The number of β-amino-alcohol motifs (C(OH)–C–C–N with tert-alkyl or cyclic N) is 1. The number of carboxylic acids is 1. The van der Waals surface area contributed by atoms with Gasteiger partial charge in [0.1, 0.15) is 0 Å². The number of carboxylic acid groups (broad SMARTS) is 1. The van der Waals surface area contributed by atoms with Crippen molar-refractivity contribution >= 4 is 32.8 Å². The number of nitrogens with one attached hydrogen (secondary N) is 1. The summed E-state index contributed by atoms with van der Waals surface area (Å²) in [5, 5.41) is 26.0. The molecule has 4 aromatic rings. The molecule has 0 aliphatic carbocycles. The second kappa shape index (κ2) is 13.7. The number of rotatable bonds is 13. The Morgan fingerprint density at radius 2 is 1.65 bits per heavy atom. The Kier molecular flexibility index (Phi) is 10.2. The van der Waals surface area contributed by atoms with Gasteiger partial charge in [0.25, 0.3) is 0 Å². The van der Waals surface area contributed by atoms with Gasteiger partial charge in [-0.1, -0.05) is 85.8 Å². The van der Waals surface area contributed by atoms with Gasteiger partial charge in [-0.05, 0) is 72.4 Å². The Balaban J connectivity index is 1.45. The minimum absolute atomic E-state index is 0.0863. The second-order valence-corrected chi connectivity index (χ2v) is 13.5. The third-order valence-corrected chi connectivity index (χ3v) is 9.39. The highest BCUT2D eigenvalue weighted by atomic mass is 32.2. The van der Waals surface area contributed by atoms with Crippen molar-refractivity contribution in [2.75, 3.05) is 20.1 Å². The Bertz CT molecular complexity index is 1730. The summed E-state index contributed by atoms with van der Waals surface area (Å²) < 4.78 is 28.6. The van der Waals surface area contributed by atoms with Gasteiger partial charge in [0.15, 0.2) is 0 Å². The van der Waals surface area contributed by atoms with Crippen LogP contribution in [0.4, 0.5) is 0 Å². The fourth-order valence-corrected chi connectivity index (χ4v) is 6.60. The highest BCUT2D eigenvalue weighted by molar-refractivity contribution is 7.89. The SMILES string of the molecule is CCC(=Cc1cccc(-c2ccccc2S(=O)(=O)N(C)CC(O)CNC(C)(C)Cc2ccc3ccccc3c2)c1)C(=O)O. The quantitative estimate of drug-likeness (QED) is 0.163. The van der Waals surface area contributed by atoms with E-state index in [1.807, 2.05) is 12.1 Å². The van der Waals surface area contributed by atoms with Crippen molar-refractivity contribution < 1.29 is 23.4 Å². The molecule has 0 bridgehead atoms. The molecule has 4 aromatic carbocycles. The minimum Gasteiger partial charge on any atom is -0.478 e. The smallest absolute Gasteiger partial charge is 0.331 e. The summed E-state index contributed by atoms with van der Waals surface area (Å²) in [4.78, 5) is 11.6. The van der Waals surface area contributed by atoms with E-state index in [0.29, 0.717) is 23.1 Å². The molecule has 8 heteroatoms. The molecule has 0 fully saturated rings. The van der Waals surface area contributed by atoms with Gasteiger partial charge in [0.2, 0.25) is 10.0 Å². The minimum atomic E-state index is -3.95. The number of likely N-dealkylation sites (N-methyl/N-ethyl adjacent to an activating group) is 1. The van der Waals surface area contributed by atoms with E-state index in [1.165, 1.54) is 27.7 Å². The molecule has 4 rings (SSSR count). The number of sulfonamides is 1. The monoisotopic (exact) mass is 600 g/mol. The number of aliphatic hydroxyl groups excluding tert-OH is 1. The highest BCUT2D eigenvalue weighted by Crippen LogP contribution is 2.30. The molecule has 0 aromatic heterocycles. The normalized spacial score (nSPS) is 13.4. The van der Waals surface area contributed by atoms with Crippen LogP contribution in [-0.2, 0) is 21.2 Å². The molecule has 0 aliphatic heterocycles. The van der Waals surface area contributed by atoms with Gasteiger partial charge >= 0.3 is 5.97 Å². The molecule has 0 spiro atoms. The van der Waals surface area contributed by atoms with Crippen LogP contribution in [0, 0.1) is 0 Å². The van der Waals surface area contributed by atoms with Gasteiger partial charge in [-0.3, -0.25) is 0 Å². The summed E-state index contributed by atoms with van der Waals surface area (Å²) in [6, 6.07) is 28.5. The van der Waals surface area contributed by atoms with Crippen LogP contribution >= 0.6 is 0 Å². The molecule has 7 nitrogen and oxygen atoms in total. The van der Waals surface area contributed by atoms with E-state index < -0.39 is 22.1 Å². The van der Waals surface area contributed by atoms with Crippen molar-refractivity contribution in [3.05, 3.63) is 108 Å². The first kappa shape index (κ1) is 32.1. The van der Waals surface area contributed by atoms with E-state index >= 15 is 0 Å². The fourth-order valence-electron chi connectivity index (χ4n) is 5.19. The molecule has 0 heterocycles. The first-order chi connectivity index (χ1) is 20.4. The number of aliphatic hydroxyl groups is 1. The van der Waals surface area contributed by atoms with Crippen LogP contribution in [0.25, 0.3) is 28.0 Å². The Hall–Kier alpha value is -3.82. The highest BCUT2D eigenvalue weighted by Gasteiger charge is 2.27. The van der Waals surface area contributed by atoms with Crippen molar-refractivity contribution in [3.8, 4) is 11.1 Å². The zero-order valence-corrected chi connectivity index (χ0v) is 25.9. The van der Waals surface area contributed by atoms with Crippen LogP contribution in [0.3, 0.4) is 0 Å². The van der Waals surface area contributed by atoms with Gasteiger partial charge < -0.3 is 15.5 Å². The number of fused-ring (bicyclic) bond motifs is 1. The maximum Gasteiger partial charge on any atom is 0.331 e. The van der Waals surface area contributed by atoms with E-state index in [4.69, 9.17) is 0 Å². The zero-order valence-electron chi connectivity index (χ0n) is 25.1. The van der Waals surface area contributed by atoms with E-state index in [-0.39, 0.29) is 29.1 Å². The average molecular weight is 601 g/mol. The van der Waals surface area contributed by atoms with Gasteiger partial charge in [0.05, 0.1) is 11.0 Å². The van der Waals surface area contributed by atoms with Crippen molar-refractivity contribution in [2.45, 2.75) is 50.2 Å². The molecule has 3 N–H and O–H groups in total. The summed E-state index contributed by atoms with van der Waals surface area (Å²) >= 11 is 0. The summed E-state index contributed by atoms with van der Waals surface area (Å²) in [6.07, 6.45) is 1.78. The van der Waals surface area contributed by atoms with Crippen molar-refractivity contribution in [1.82, 2.24) is 9.62 Å². The number of aliphatic carboxylic acids is 1. The summed E-state index contributed by atoms with van der Waals surface area (Å²) in [5.41, 5.74) is 2.94. The first-order valence-corrected chi connectivity index (χ1v) is 15.8. The van der Waals surface area contributed by atoms with Gasteiger partial charge in [0, 0.05) is 36.8 Å². The topological polar surface area (TPSA) is 107 Å². The molecule has 43 heavy (non-hydrogen) atoms. The van der Waals surface area contributed by atoms with Crippen molar-refractivity contribution in [2.24, 2.45) is 0 Å². The van der Waals surface area contributed by atoms with Gasteiger partial charge in [-0.15, -0.1) is 0 Å². The van der Waals surface area contributed by atoms with Gasteiger partial charge in [-0.25, -0.2) is 13.2 Å². The van der Waals surface area contributed by atoms with Crippen LogP contribution in [0.1, 0.15) is 38.3 Å². The molecule has 226 valence electrons. The van der Waals surface area contributed by atoms with Crippen LogP contribution in [0.15, 0.2) is 101 Å². The fraction of sp³-hybridized carbons (Fsp3) is 0.286. The largest absolute Gasteiger partial charge is 0.478 e. The molecular formula is C35H40N2O5S. The van der Waals surface area contributed by atoms with Crippen LogP contribution in [0.5, 0.6) is 0 Å². The van der Waals surface area contributed by atoms with E-state index in [0.717, 1.165) is 6.42 Å². The zero-order chi connectivity index (χ0) is 31.2. The van der Waals surface area contributed by atoms with Gasteiger partial charge in [-0.2, -0.15) is 4.31 Å². The predicted octanol–water partition coefficient (Wildman–Crippen LogP) is 5.98. The summed E-state index contributed by atoms with van der Waals surface area (Å²) in [7, 11) is -2.49. The molecular weight excluding hydrogens is 560 g/mol. The predicted molar refractivity (Wildman–Crippen MR) is 173 cm³/mol. The number of nitrogens with zero attached hydrogens (tertiary/aromatic N) is 1. The van der Waals surface area contributed by atoms with E-state index in [9.17, 15) is 23.4 Å². The Morgan fingerprint density at radius 1 is 0.953 bits per heavy atom. The summed E-state index contributed by atoms with van der Waals surface area (Å²) in [5.74, 6) is -0.984. The molecule has 0 radical (unpaired) electrons. The van der Waals surface area contributed by atoms with Crippen LogP contribution < -0.4 is 5.32 Å². The maximum atomic E-state index is 13.7. The molecule has 0 aliphatic rings. The van der Waals surface area contributed by atoms with Crippen molar-refractivity contribution in [3.63, 3.8) is 0 Å². The number of hydrogen-bond donors (Lipinski definition) is 3. The van der Waals surface area contributed by atoms with Crippen LogP contribution in [-0.4, -0.2) is 60.7 Å². The lowest BCUT2D eigenvalue weighted by Gasteiger charge is -2.29. The molecule has 0 amide bonds. The maximum absolute atomic E-state index is 13.7. The van der Waals surface area contributed by atoms with Crippen LogP contribution in [0.2, 0.25) is 0 Å². The standard InChI is InChI=1S/C35H40N2O5S/c1-5-27(34(39)40)19-25-11-10-14-30(20-25)32-15-8-9-16-33(32)43(41,42)37(4)24-31(38)23-36-35(2,3)22-26-17-18-28-12-6-7-13-29(28)21-26/h6-21,31,36,38H,5,22-24H2,1-4H3,(H,39,40). The average Bonchev–Trinajstić information content (AvgIpc) is 2.98. The van der Waals surface area contributed by atoms with E-state index in [1.54, 1.807) is 61.5 Å². The lowest BCUT2D eigenvalue weighted by Crippen LogP contribution is -2.47. The number of hydrogen-bond acceptors (Lipinski definition) is 5. The lowest BCUT2D eigenvalue weighted by molar-refractivity contribution is -0.132. The second-order valence-electron chi connectivity index (χ2n) is 11.5. The lowest BCUT2D eigenvalue weighted by atomic mass is 9.93. The molecule has 0 saturated carbocycles. The third-order valence-electron chi connectivity index (χ3n) is 7.51. The number of carbonyl (C=O) groups is 1. The van der Waals surface area contributed by atoms with E-state index in [2.05, 4.69) is 49.5 Å². The first-order valence-electron chi connectivity index (χ1n) is 14.4. The molecule has 0 saturated heterocycles. The number of benzene rings is 4.